The second kappa shape index (κ2) is 11.5. The molecule has 196 valence electrons. The molecule has 4 rings (SSSR count). The smallest absolute Gasteiger partial charge is 0.379 e. The number of ether oxygens (including phenoxy) is 3. The van der Waals surface area contributed by atoms with Gasteiger partial charge in [-0.15, -0.1) is 0 Å². The molecule has 2 aromatic carbocycles. The minimum absolute atomic E-state index is 0.0457. The van der Waals surface area contributed by atoms with Gasteiger partial charge in [-0.05, 0) is 74.5 Å². The number of carbonyl (C=O) groups excluding carboxylic acids is 5. The molecule has 1 aliphatic rings. The van der Waals surface area contributed by atoms with Crippen LogP contribution < -0.4 is 9.64 Å². The standard InChI is InChI=1S/C28H25NO9/c1-17(2)37-27(33)19-5-9-21(10-6-19)29-15-20(14-25(29)31)26(32)36-16-23(30)18-7-11-22(12-8-18)38-28(34)24-4-3-13-35-24/h3-13,17,20H,14-16H2,1-2H3/t20-/m0/s1. The first-order chi connectivity index (χ1) is 18.2. The first-order valence-electron chi connectivity index (χ1n) is 11.9. The molecule has 10 nitrogen and oxygen atoms in total. The van der Waals surface area contributed by atoms with Crippen molar-refractivity contribution in [2.75, 3.05) is 18.1 Å². The Hall–Kier alpha value is -4.73. The lowest BCUT2D eigenvalue weighted by atomic mass is 10.1. The summed E-state index contributed by atoms with van der Waals surface area (Å²) in [6.07, 6.45) is 1.04. The Morgan fingerprint density at radius 3 is 2.26 bits per heavy atom. The molecule has 1 atom stereocenters. The number of anilines is 1. The Morgan fingerprint density at radius 2 is 1.63 bits per heavy atom. The summed E-state index contributed by atoms with van der Waals surface area (Å²) in [5, 5.41) is 0. The average molecular weight is 520 g/mol. The van der Waals surface area contributed by atoms with Crippen LogP contribution in [0.4, 0.5) is 5.69 Å². The zero-order chi connectivity index (χ0) is 27.2. The van der Waals surface area contributed by atoms with Gasteiger partial charge in [0.25, 0.3) is 0 Å². The quantitative estimate of drug-likeness (QED) is 0.235. The van der Waals surface area contributed by atoms with Gasteiger partial charge >= 0.3 is 17.9 Å². The molecule has 1 saturated heterocycles. The Bertz CT molecular complexity index is 1330. The molecule has 0 unspecified atom stereocenters. The maximum Gasteiger partial charge on any atom is 0.379 e. The first kappa shape index (κ1) is 26.3. The molecule has 0 saturated carbocycles. The second-order valence-electron chi connectivity index (χ2n) is 8.83. The van der Waals surface area contributed by atoms with E-state index in [2.05, 4.69) is 0 Å². The largest absolute Gasteiger partial charge is 0.459 e. The molecule has 3 aromatic rings. The van der Waals surface area contributed by atoms with Crippen LogP contribution >= 0.6 is 0 Å². The lowest BCUT2D eigenvalue weighted by Crippen LogP contribution is -2.27. The van der Waals surface area contributed by atoms with Crippen molar-refractivity contribution < 1.29 is 42.6 Å². The van der Waals surface area contributed by atoms with Gasteiger partial charge in [0.15, 0.2) is 12.4 Å². The van der Waals surface area contributed by atoms with Crippen LogP contribution in [0.2, 0.25) is 0 Å². The number of hydrogen-bond donors (Lipinski definition) is 0. The van der Waals surface area contributed by atoms with Crippen molar-refractivity contribution in [2.24, 2.45) is 5.92 Å². The van der Waals surface area contributed by atoms with Gasteiger partial charge in [-0.2, -0.15) is 0 Å². The third-order valence-corrected chi connectivity index (χ3v) is 5.67. The van der Waals surface area contributed by atoms with Gasteiger partial charge < -0.3 is 23.5 Å². The van der Waals surface area contributed by atoms with E-state index >= 15 is 0 Å². The maximum atomic E-state index is 12.6. The summed E-state index contributed by atoms with van der Waals surface area (Å²) in [6.45, 7) is 3.10. The van der Waals surface area contributed by atoms with Gasteiger partial charge in [-0.3, -0.25) is 14.4 Å². The van der Waals surface area contributed by atoms with Crippen LogP contribution in [0.3, 0.4) is 0 Å². The molecule has 0 radical (unpaired) electrons. The van der Waals surface area contributed by atoms with E-state index in [4.69, 9.17) is 18.6 Å². The number of Topliss-reactive ketones (excluding diaryl/α,β-unsaturated/α-hetero) is 1. The van der Waals surface area contributed by atoms with Gasteiger partial charge in [0.05, 0.1) is 23.8 Å². The lowest BCUT2D eigenvalue weighted by Gasteiger charge is -2.17. The van der Waals surface area contributed by atoms with Gasteiger partial charge in [0.2, 0.25) is 11.7 Å². The minimum Gasteiger partial charge on any atom is -0.459 e. The van der Waals surface area contributed by atoms with E-state index in [1.165, 1.54) is 41.5 Å². The fourth-order valence-corrected chi connectivity index (χ4v) is 3.77. The summed E-state index contributed by atoms with van der Waals surface area (Å²) in [7, 11) is 0. The number of esters is 3. The zero-order valence-corrected chi connectivity index (χ0v) is 20.7. The topological polar surface area (TPSA) is 129 Å². The van der Waals surface area contributed by atoms with E-state index in [0.29, 0.717) is 11.3 Å². The van der Waals surface area contributed by atoms with E-state index in [9.17, 15) is 24.0 Å². The van der Waals surface area contributed by atoms with Crippen LogP contribution in [0.5, 0.6) is 5.75 Å². The second-order valence-corrected chi connectivity index (χ2v) is 8.83. The highest BCUT2D eigenvalue weighted by atomic mass is 16.6. The van der Waals surface area contributed by atoms with Crippen molar-refractivity contribution >= 4 is 35.3 Å². The Kier molecular flexibility index (Phi) is 8.00. The van der Waals surface area contributed by atoms with Gasteiger partial charge in [-0.25, -0.2) is 9.59 Å². The van der Waals surface area contributed by atoms with Gasteiger partial charge in [0, 0.05) is 24.2 Å². The number of amides is 1. The van der Waals surface area contributed by atoms with Crippen molar-refractivity contribution in [1.29, 1.82) is 0 Å². The van der Waals surface area contributed by atoms with Crippen molar-refractivity contribution in [3.63, 3.8) is 0 Å². The number of rotatable bonds is 9. The molecule has 2 heterocycles. The Morgan fingerprint density at radius 1 is 0.947 bits per heavy atom. The first-order valence-corrected chi connectivity index (χ1v) is 11.9. The van der Waals surface area contributed by atoms with Crippen molar-refractivity contribution in [1.82, 2.24) is 0 Å². The van der Waals surface area contributed by atoms with E-state index in [1.807, 2.05) is 0 Å². The predicted molar refractivity (Wildman–Crippen MR) is 133 cm³/mol. The molecule has 1 fully saturated rings. The molecular weight excluding hydrogens is 494 g/mol. The van der Waals surface area contributed by atoms with Gasteiger partial charge in [0.1, 0.15) is 5.75 Å². The van der Waals surface area contributed by atoms with Crippen molar-refractivity contribution in [3.05, 3.63) is 83.8 Å². The average Bonchev–Trinajstić information content (AvgIpc) is 3.58. The predicted octanol–water partition coefficient (Wildman–Crippen LogP) is 3.84. The highest BCUT2D eigenvalue weighted by Gasteiger charge is 2.36. The van der Waals surface area contributed by atoms with Crippen LogP contribution in [0.15, 0.2) is 71.3 Å². The fourth-order valence-electron chi connectivity index (χ4n) is 3.77. The molecule has 0 bridgehead atoms. The van der Waals surface area contributed by atoms with Crippen molar-refractivity contribution in [2.45, 2.75) is 26.4 Å². The summed E-state index contributed by atoms with van der Waals surface area (Å²) in [4.78, 5) is 62.9. The summed E-state index contributed by atoms with van der Waals surface area (Å²) in [5.74, 6) is -2.98. The van der Waals surface area contributed by atoms with Crippen LogP contribution in [0.25, 0.3) is 0 Å². The summed E-state index contributed by atoms with van der Waals surface area (Å²) in [6, 6.07) is 15.1. The molecule has 10 heteroatoms. The maximum absolute atomic E-state index is 12.6. The van der Waals surface area contributed by atoms with Crippen LogP contribution in [-0.4, -0.2) is 48.9 Å². The third kappa shape index (κ3) is 6.33. The molecule has 0 spiro atoms. The molecule has 1 amide bonds. The van der Waals surface area contributed by atoms with Crippen LogP contribution in [0, 0.1) is 5.92 Å². The highest BCUT2D eigenvalue weighted by Crippen LogP contribution is 2.26. The normalized spacial score (nSPS) is 14.9. The zero-order valence-electron chi connectivity index (χ0n) is 20.7. The van der Waals surface area contributed by atoms with Crippen LogP contribution in [-0.2, 0) is 19.1 Å². The molecule has 1 aromatic heterocycles. The lowest BCUT2D eigenvalue weighted by molar-refractivity contribution is -0.147. The molecule has 1 aliphatic heterocycles. The summed E-state index contributed by atoms with van der Waals surface area (Å²) < 4.78 is 20.5. The monoisotopic (exact) mass is 519 g/mol. The summed E-state index contributed by atoms with van der Waals surface area (Å²) >= 11 is 0. The Labute approximate surface area is 218 Å². The SMILES string of the molecule is CC(C)OC(=O)c1ccc(N2C[C@@H](C(=O)OCC(=O)c3ccc(OC(=O)c4ccco4)cc3)CC2=O)cc1. The number of nitrogens with zero attached hydrogens (tertiary/aromatic N) is 1. The highest BCUT2D eigenvalue weighted by molar-refractivity contribution is 6.01. The number of benzene rings is 2. The fraction of sp³-hybridized carbons (Fsp3) is 0.250. The number of furan rings is 1. The summed E-state index contributed by atoms with van der Waals surface area (Å²) in [5.41, 5.74) is 1.15. The molecule has 38 heavy (non-hydrogen) atoms. The van der Waals surface area contributed by atoms with E-state index in [1.54, 1.807) is 44.2 Å². The van der Waals surface area contributed by atoms with Crippen molar-refractivity contribution in [3.8, 4) is 5.75 Å². The number of hydrogen-bond acceptors (Lipinski definition) is 9. The molecule has 0 N–H and O–H groups in total. The van der Waals surface area contributed by atoms with Crippen LogP contribution in [0.1, 0.15) is 51.5 Å². The molecular formula is C28H25NO9. The minimum atomic E-state index is -0.732. The number of ketones is 1. The van der Waals surface area contributed by atoms with E-state index in [-0.39, 0.29) is 42.0 Å². The Balaban J connectivity index is 1.27. The van der Waals surface area contributed by atoms with Gasteiger partial charge in [-0.1, -0.05) is 0 Å². The molecule has 0 aliphatic carbocycles. The number of carbonyl (C=O) groups is 5. The van der Waals surface area contributed by atoms with E-state index < -0.39 is 36.2 Å². The third-order valence-electron chi connectivity index (χ3n) is 5.67. The van der Waals surface area contributed by atoms with E-state index in [0.717, 1.165) is 0 Å².